The first kappa shape index (κ1) is 17.7. The molecule has 2 aromatic heterocycles. The van der Waals surface area contributed by atoms with Crippen molar-refractivity contribution < 1.29 is 4.79 Å². The van der Waals surface area contributed by atoms with Gasteiger partial charge < -0.3 is 5.32 Å². The smallest absolute Gasteiger partial charge is 0.271 e. The van der Waals surface area contributed by atoms with Crippen molar-refractivity contribution in [2.24, 2.45) is 0 Å². The van der Waals surface area contributed by atoms with E-state index >= 15 is 0 Å². The van der Waals surface area contributed by atoms with E-state index in [2.05, 4.69) is 46.3 Å². The number of carbonyl (C=O) groups excluding carboxylic acids is 1. The van der Waals surface area contributed by atoms with Gasteiger partial charge in [0, 0.05) is 43.0 Å². The Morgan fingerprint density at radius 3 is 2.96 bits per heavy atom. The minimum Gasteiger partial charge on any atom is -0.354 e. The third-order valence-corrected chi connectivity index (χ3v) is 4.78. The summed E-state index contributed by atoms with van der Waals surface area (Å²) in [4.78, 5) is 14.2. The van der Waals surface area contributed by atoms with Crippen LogP contribution < -0.4 is 5.32 Å². The number of nitrogens with one attached hydrogen (secondary N) is 2. The molecule has 1 amide bonds. The van der Waals surface area contributed by atoms with Gasteiger partial charge in [0.25, 0.3) is 5.91 Å². The number of aromatic amines is 1. The second-order valence-corrected chi connectivity index (χ2v) is 7.81. The molecule has 3 heterocycles. The van der Waals surface area contributed by atoms with Gasteiger partial charge in [-0.3, -0.25) is 19.5 Å². The van der Waals surface area contributed by atoms with Gasteiger partial charge in [-0.15, -0.1) is 0 Å². The maximum absolute atomic E-state index is 11.7. The lowest BCUT2D eigenvalue weighted by molar-refractivity contribution is 0.0955. The van der Waals surface area contributed by atoms with Gasteiger partial charge in [-0.2, -0.15) is 10.2 Å². The minimum atomic E-state index is -0.139. The molecule has 0 bridgehead atoms. The monoisotopic (exact) mass is 344 g/mol. The molecule has 0 aromatic carbocycles. The maximum atomic E-state index is 11.7. The van der Waals surface area contributed by atoms with Crippen molar-refractivity contribution in [3.8, 4) is 0 Å². The quantitative estimate of drug-likeness (QED) is 0.890. The Morgan fingerprint density at radius 1 is 1.44 bits per heavy atom. The number of carbonyl (C=O) groups is 1. The van der Waals surface area contributed by atoms with Gasteiger partial charge in [0.1, 0.15) is 5.69 Å². The number of amides is 1. The van der Waals surface area contributed by atoms with Gasteiger partial charge in [-0.1, -0.05) is 20.8 Å². The number of nitrogens with zero attached hydrogens (tertiary/aromatic N) is 4. The zero-order valence-electron chi connectivity index (χ0n) is 15.5. The number of aromatic nitrogens is 4. The second kappa shape index (κ2) is 7.00. The molecule has 1 aliphatic heterocycles. The first-order valence-corrected chi connectivity index (χ1v) is 8.91. The predicted molar refractivity (Wildman–Crippen MR) is 96.5 cm³/mol. The second-order valence-electron chi connectivity index (χ2n) is 7.81. The van der Waals surface area contributed by atoms with Crippen molar-refractivity contribution >= 4 is 5.91 Å². The molecule has 2 N–H and O–H groups in total. The molecule has 0 radical (unpaired) electrons. The highest BCUT2D eigenvalue weighted by Crippen LogP contribution is 2.27. The van der Waals surface area contributed by atoms with Crippen molar-refractivity contribution in [1.29, 1.82) is 0 Å². The van der Waals surface area contributed by atoms with E-state index in [0.29, 0.717) is 11.7 Å². The number of rotatable bonds is 4. The number of H-pyrrole nitrogens is 1. The van der Waals surface area contributed by atoms with E-state index in [1.807, 2.05) is 17.1 Å². The Hall–Kier alpha value is -2.15. The SMILES string of the molecule is CNC(=O)c1ccn(C2CCCN(Cc3cn[nH]c3C(C)(C)C)C2)n1. The topological polar surface area (TPSA) is 78.8 Å². The van der Waals surface area contributed by atoms with E-state index in [1.54, 1.807) is 13.1 Å². The van der Waals surface area contributed by atoms with Crippen LogP contribution in [0.25, 0.3) is 0 Å². The fourth-order valence-electron chi connectivity index (χ4n) is 3.50. The third-order valence-electron chi connectivity index (χ3n) is 4.78. The van der Waals surface area contributed by atoms with Crippen molar-refractivity contribution in [3.05, 3.63) is 35.4 Å². The molecule has 1 unspecified atom stereocenters. The molecule has 25 heavy (non-hydrogen) atoms. The molecular weight excluding hydrogens is 316 g/mol. The fraction of sp³-hybridized carbons (Fsp3) is 0.611. The molecular formula is C18H28N6O. The van der Waals surface area contributed by atoms with Gasteiger partial charge in [-0.05, 0) is 25.5 Å². The summed E-state index contributed by atoms with van der Waals surface area (Å²) in [5.74, 6) is -0.139. The van der Waals surface area contributed by atoms with Crippen LogP contribution in [0.15, 0.2) is 18.5 Å². The number of hydrogen-bond donors (Lipinski definition) is 2. The molecule has 2 aromatic rings. The van der Waals surface area contributed by atoms with Crippen LogP contribution in [0.4, 0.5) is 0 Å². The van der Waals surface area contributed by atoms with Crippen LogP contribution in [-0.2, 0) is 12.0 Å². The summed E-state index contributed by atoms with van der Waals surface area (Å²) < 4.78 is 1.94. The summed E-state index contributed by atoms with van der Waals surface area (Å²) >= 11 is 0. The summed E-state index contributed by atoms with van der Waals surface area (Å²) in [7, 11) is 1.63. The standard InChI is InChI=1S/C18H28N6O/c1-18(2,3)16-13(10-20-21-16)11-23-8-5-6-14(12-23)24-9-7-15(22-24)17(25)19-4/h7,9-10,14H,5-6,8,11-12H2,1-4H3,(H,19,25)(H,20,21). The average molecular weight is 344 g/mol. The minimum absolute atomic E-state index is 0.0609. The molecule has 0 spiro atoms. The maximum Gasteiger partial charge on any atom is 0.271 e. The van der Waals surface area contributed by atoms with Gasteiger partial charge >= 0.3 is 0 Å². The lowest BCUT2D eigenvalue weighted by Gasteiger charge is -2.33. The molecule has 1 atom stereocenters. The Bertz CT molecular complexity index is 726. The molecule has 0 aliphatic carbocycles. The lowest BCUT2D eigenvalue weighted by atomic mass is 9.89. The molecule has 7 heteroatoms. The Kier molecular flexibility index (Phi) is 4.94. The van der Waals surface area contributed by atoms with Gasteiger partial charge in [-0.25, -0.2) is 0 Å². The Labute approximate surface area is 148 Å². The zero-order valence-corrected chi connectivity index (χ0v) is 15.5. The number of piperidine rings is 1. The molecule has 136 valence electrons. The first-order valence-electron chi connectivity index (χ1n) is 8.91. The van der Waals surface area contributed by atoms with Crippen LogP contribution in [0, 0.1) is 0 Å². The fourth-order valence-corrected chi connectivity index (χ4v) is 3.50. The van der Waals surface area contributed by atoms with E-state index < -0.39 is 0 Å². The average Bonchev–Trinajstić information content (AvgIpc) is 3.23. The van der Waals surface area contributed by atoms with Crippen molar-refractivity contribution in [1.82, 2.24) is 30.2 Å². The molecule has 0 saturated carbocycles. The zero-order chi connectivity index (χ0) is 18.0. The molecule has 3 rings (SSSR count). The third kappa shape index (κ3) is 3.92. The summed E-state index contributed by atoms with van der Waals surface area (Å²) in [6.07, 6.45) is 6.07. The van der Waals surface area contributed by atoms with Crippen LogP contribution in [-0.4, -0.2) is 50.9 Å². The largest absolute Gasteiger partial charge is 0.354 e. The molecule has 1 saturated heterocycles. The van der Waals surface area contributed by atoms with Crippen LogP contribution in [0.5, 0.6) is 0 Å². The number of likely N-dealkylation sites (tertiary alicyclic amines) is 1. The summed E-state index contributed by atoms with van der Waals surface area (Å²) in [5, 5.41) is 14.5. The van der Waals surface area contributed by atoms with Gasteiger partial charge in [0.05, 0.1) is 12.2 Å². The molecule has 7 nitrogen and oxygen atoms in total. The van der Waals surface area contributed by atoms with Crippen molar-refractivity contribution in [2.75, 3.05) is 20.1 Å². The summed E-state index contributed by atoms with van der Waals surface area (Å²) in [6.45, 7) is 9.51. The van der Waals surface area contributed by atoms with E-state index in [1.165, 1.54) is 11.3 Å². The summed E-state index contributed by atoms with van der Waals surface area (Å²) in [6, 6.07) is 2.09. The Morgan fingerprint density at radius 2 is 2.24 bits per heavy atom. The van der Waals surface area contributed by atoms with Crippen LogP contribution in [0.3, 0.4) is 0 Å². The highest BCUT2D eigenvalue weighted by molar-refractivity contribution is 5.91. The highest BCUT2D eigenvalue weighted by Gasteiger charge is 2.26. The lowest BCUT2D eigenvalue weighted by Crippen LogP contribution is -2.36. The normalized spacial score (nSPS) is 19.1. The Balaban J connectivity index is 1.69. The molecule has 1 aliphatic rings. The summed E-state index contributed by atoms with van der Waals surface area (Å²) in [5.41, 5.74) is 3.01. The van der Waals surface area contributed by atoms with E-state index in [0.717, 1.165) is 32.5 Å². The van der Waals surface area contributed by atoms with Crippen molar-refractivity contribution in [2.45, 2.75) is 51.6 Å². The van der Waals surface area contributed by atoms with Crippen LogP contribution >= 0.6 is 0 Å². The van der Waals surface area contributed by atoms with Crippen LogP contribution in [0.1, 0.15) is 61.4 Å². The van der Waals surface area contributed by atoms with E-state index in [4.69, 9.17) is 0 Å². The van der Waals surface area contributed by atoms with E-state index in [9.17, 15) is 4.79 Å². The van der Waals surface area contributed by atoms with E-state index in [-0.39, 0.29) is 11.3 Å². The molecule has 1 fully saturated rings. The van der Waals surface area contributed by atoms with Crippen molar-refractivity contribution in [3.63, 3.8) is 0 Å². The predicted octanol–water partition coefficient (Wildman–Crippen LogP) is 2.10. The van der Waals surface area contributed by atoms with Gasteiger partial charge in [0.15, 0.2) is 0 Å². The van der Waals surface area contributed by atoms with Crippen LogP contribution in [0.2, 0.25) is 0 Å². The van der Waals surface area contributed by atoms with Gasteiger partial charge in [0.2, 0.25) is 0 Å². The highest BCUT2D eigenvalue weighted by atomic mass is 16.1. The first-order chi connectivity index (χ1) is 11.9. The number of hydrogen-bond acceptors (Lipinski definition) is 4.